The number of likely N-dealkylation sites (N-methyl/N-ethyl adjacent to an activating group) is 1. The van der Waals surface area contributed by atoms with E-state index in [1.54, 1.807) is 13.1 Å². The fourth-order valence-corrected chi connectivity index (χ4v) is 4.17. The zero-order valence-corrected chi connectivity index (χ0v) is 19.6. The Bertz CT molecular complexity index is 1330. The molecular formula is C27H24F2N4O3. The number of hydrogen-bond donors (Lipinski definition) is 2. The van der Waals surface area contributed by atoms with E-state index >= 15 is 0 Å². The number of nitrogens with one attached hydrogen (secondary N) is 2. The number of benzene rings is 3. The lowest BCUT2D eigenvalue weighted by atomic mass is 9.93. The number of nitrogens with zero attached hydrogens (tertiary/aromatic N) is 2. The second-order valence-electron chi connectivity index (χ2n) is 8.39. The SMILES string of the molecule is C[C@@H](C(=O)N[C@H]1N=C(c2ccccc2)c2ccccc2N(C)C1=O)[C@@H](NC=O)c1ccc(F)c(F)c1. The van der Waals surface area contributed by atoms with Crippen LogP contribution in [0.3, 0.4) is 0 Å². The number of carbonyl (C=O) groups is 3. The fraction of sp³-hybridized carbons (Fsp3) is 0.185. The van der Waals surface area contributed by atoms with E-state index in [1.165, 1.54) is 17.9 Å². The molecule has 0 bridgehead atoms. The number of fused-ring (bicyclic) bond motifs is 1. The monoisotopic (exact) mass is 490 g/mol. The molecule has 0 aliphatic carbocycles. The lowest BCUT2D eigenvalue weighted by Gasteiger charge is -2.26. The zero-order valence-electron chi connectivity index (χ0n) is 19.6. The highest BCUT2D eigenvalue weighted by Crippen LogP contribution is 2.28. The van der Waals surface area contributed by atoms with Gasteiger partial charge in [-0.15, -0.1) is 0 Å². The molecule has 3 aromatic carbocycles. The van der Waals surface area contributed by atoms with Gasteiger partial charge in [-0.2, -0.15) is 0 Å². The summed E-state index contributed by atoms with van der Waals surface area (Å²) in [6, 6.07) is 18.8. The van der Waals surface area contributed by atoms with Gasteiger partial charge in [-0.05, 0) is 23.8 Å². The van der Waals surface area contributed by atoms with E-state index in [9.17, 15) is 23.2 Å². The molecule has 1 aliphatic rings. The van der Waals surface area contributed by atoms with Crippen LogP contribution in [0.15, 0.2) is 77.8 Å². The minimum atomic E-state index is -1.26. The van der Waals surface area contributed by atoms with E-state index < -0.39 is 41.6 Å². The van der Waals surface area contributed by atoms with Crippen molar-refractivity contribution >= 4 is 29.6 Å². The number of rotatable bonds is 7. The van der Waals surface area contributed by atoms with Crippen molar-refractivity contribution in [3.63, 3.8) is 0 Å². The van der Waals surface area contributed by atoms with Gasteiger partial charge in [0.05, 0.1) is 23.4 Å². The topological polar surface area (TPSA) is 90.9 Å². The predicted molar refractivity (Wildman–Crippen MR) is 131 cm³/mol. The molecule has 0 saturated heterocycles. The van der Waals surface area contributed by atoms with Gasteiger partial charge in [0, 0.05) is 18.2 Å². The smallest absolute Gasteiger partial charge is 0.272 e. The Morgan fingerprint density at radius 1 is 1.03 bits per heavy atom. The van der Waals surface area contributed by atoms with Crippen molar-refractivity contribution in [3.05, 3.63) is 101 Å². The van der Waals surface area contributed by atoms with Crippen molar-refractivity contribution < 1.29 is 23.2 Å². The molecule has 3 atom stereocenters. The van der Waals surface area contributed by atoms with Gasteiger partial charge >= 0.3 is 0 Å². The van der Waals surface area contributed by atoms with Crippen LogP contribution in [0.2, 0.25) is 0 Å². The first-order chi connectivity index (χ1) is 17.3. The number of aliphatic imine (C=N–C) groups is 1. The molecular weight excluding hydrogens is 466 g/mol. The molecule has 0 spiro atoms. The third kappa shape index (κ3) is 4.86. The van der Waals surface area contributed by atoms with E-state index in [0.717, 1.165) is 23.3 Å². The van der Waals surface area contributed by atoms with Crippen molar-refractivity contribution in [3.8, 4) is 0 Å². The van der Waals surface area contributed by atoms with Crippen LogP contribution < -0.4 is 15.5 Å². The van der Waals surface area contributed by atoms with Crippen molar-refractivity contribution in [2.45, 2.75) is 19.1 Å². The van der Waals surface area contributed by atoms with Gasteiger partial charge < -0.3 is 15.5 Å². The van der Waals surface area contributed by atoms with Gasteiger partial charge in [-0.25, -0.2) is 13.8 Å². The molecule has 184 valence electrons. The van der Waals surface area contributed by atoms with Gasteiger partial charge in [-0.3, -0.25) is 14.4 Å². The summed E-state index contributed by atoms with van der Waals surface area (Å²) in [7, 11) is 1.60. The average molecular weight is 491 g/mol. The lowest BCUT2D eigenvalue weighted by molar-refractivity contribution is -0.130. The number of amides is 3. The Labute approximate surface area is 206 Å². The number of halogens is 2. The first kappa shape index (κ1) is 24.7. The van der Waals surface area contributed by atoms with Gasteiger partial charge in [-0.1, -0.05) is 61.5 Å². The third-order valence-corrected chi connectivity index (χ3v) is 6.13. The number of carbonyl (C=O) groups excluding carboxylic acids is 3. The summed E-state index contributed by atoms with van der Waals surface area (Å²) >= 11 is 0. The predicted octanol–water partition coefficient (Wildman–Crippen LogP) is 3.34. The van der Waals surface area contributed by atoms with E-state index in [-0.39, 0.29) is 5.56 Å². The minimum Gasteiger partial charge on any atom is -0.351 e. The standard InChI is InChI=1S/C27H24F2N4O3/c1-16(23(30-15-34)18-12-13-20(28)21(29)14-18)26(35)32-25-27(36)33(2)22-11-7-6-10-19(22)24(31-25)17-8-4-3-5-9-17/h3-16,23,25H,1-2H3,(H,30,34)(H,32,35)/t16-,23-,25-/m1/s1. The number of hydrogen-bond acceptors (Lipinski definition) is 4. The van der Waals surface area contributed by atoms with Crippen LogP contribution in [0.25, 0.3) is 0 Å². The summed E-state index contributed by atoms with van der Waals surface area (Å²) < 4.78 is 27.3. The Balaban J connectivity index is 1.68. The molecule has 0 saturated carbocycles. The summed E-state index contributed by atoms with van der Waals surface area (Å²) in [4.78, 5) is 43.9. The van der Waals surface area contributed by atoms with Crippen LogP contribution in [-0.4, -0.2) is 37.1 Å². The van der Waals surface area contributed by atoms with Crippen molar-refractivity contribution in [1.82, 2.24) is 10.6 Å². The largest absolute Gasteiger partial charge is 0.351 e. The minimum absolute atomic E-state index is 0.203. The number of anilines is 1. The summed E-state index contributed by atoms with van der Waals surface area (Å²) in [5.41, 5.74) is 2.87. The molecule has 9 heteroatoms. The summed E-state index contributed by atoms with van der Waals surface area (Å²) in [5.74, 6) is -4.16. The van der Waals surface area contributed by atoms with Gasteiger partial charge in [0.1, 0.15) is 0 Å². The second-order valence-corrected chi connectivity index (χ2v) is 8.39. The maximum atomic E-state index is 13.8. The lowest BCUT2D eigenvalue weighted by Crippen LogP contribution is -2.49. The first-order valence-electron chi connectivity index (χ1n) is 11.3. The van der Waals surface area contributed by atoms with Gasteiger partial charge in [0.25, 0.3) is 5.91 Å². The first-order valence-corrected chi connectivity index (χ1v) is 11.3. The van der Waals surface area contributed by atoms with Crippen LogP contribution in [0, 0.1) is 17.6 Å². The van der Waals surface area contributed by atoms with Crippen LogP contribution in [0.1, 0.15) is 29.7 Å². The van der Waals surface area contributed by atoms with E-state index in [1.807, 2.05) is 48.5 Å². The maximum Gasteiger partial charge on any atom is 0.272 e. The highest BCUT2D eigenvalue weighted by Gasteiger charge is 2.34. The molecule has 36 heavy (non-hydrogen) atoms. The fourth-order valence-electron chi connectivity index (χ4n) is 4.17. The van der Waals surface area contributed by atoms with Gasteiger partial charge in [0.2, 0.25) is 18.5 Å². The van der Waals surface area contributed by atoms with Crippen molar-refractivity contribution in [2.75, 3.05) is 11.9 Å². The molecule has 2 N–H and O–H groups in total. The van der Waals surface area contributed by atoms with Crippen LogP contribution in [0.4, 0.5) is 14.5 Å². The number of para-hydroxylation sites is 1. The van der Waals surface area contributed by atoms with Crippen LogP contribution in [0.5, 0.6) is 0 Å². The molecule has 0 radical (unpaired) electrons. The van der Waals surface area contributed by atoms with E-state index in [0.29, 0.717) is 17.8 Å². The van der Waals surface area contributed by atoms with E-state index in [2.05, 4.69) is 15.6 Å². The quantitative estimate of drug-likeness (QED) is 0.498. The van der Waals surface area contributed by atoms with E-state index in [4.69, 9.17) is 0 Å². The summed E-state index contributed by atoms with van der Waals surface area (Å²) in [5, 5.41) is 5.15. The molecule has 0 aromatic heterocycles. The van der Waals surface area contributed by atoms with Crippen LogP contribution >= 0.6 is 0 Å². The Kier molecular flexibility index (Phi) is 7.19. The Hall–Kier alpha value is -4.40. The summed E-state index contributed by atoms with van der Waals surface area (Å²) in [6.45, 7) is 1.51. The molecule has 1 heterocycles. The summed E-state index contributed by atoms with van der Waals surface area (Å²) in [6.07, 6.45) is -0.878. The highest BCUT2D eigenvalue weighted by molar-refractivity contribution is 6.20. The Morgan fingerprint density at radius 2 is 1.72 bits per heavy atom. The third-order valence-electron chi connectivity index (χ3n) is 6.13. The number of benzodiazepines with no additional fused rings is 1. The molecule has 1 aliphatic heterocycles. The highest BCUT2D eigenvalue weighted by atomic mass is 19.2. The molecule has 0 unspecified atom stereocenters. The zero-order chi connectivity index (χ0) is 25.8. The molecule has 4 rings (SSSR count). The van der Waals surface area contributed by atoms with Crippen molar-refractivity contribution in [1.29, 1.82) is 0 Å². The Morgan fingerprint density at radius 3 is 2.42 bits per heavy atom. The second kappa shape index (κ2) is 10.5. The van der Waals surface area contributed by atoms with Gasteiger partial charge in [0.15, 0.2) is 11.6 Å². The average Bonchev–Trinajstić information content (AvgIpc) is 2.99. The molecule has 3 aromatic rings. The molecule has 3 amide bonds. The normalized spacial score (nSPS) is 16.8. The maximum absolute atomic E-state index is 13.8. The van der Waals surface area contributed by atoms with Crippen molar-refractivity contribution in [2.24, 2.45) is 10.9 Å². The molecule has 7 nitrogen and oxygen atoms in total. The van der Waals surface area contributed by atoms with Crippen LogP contribution in [-0.2, 0) is 14.4 Å². The molecule has 0 fully saturated rings.